The van der Waals surface area contributed by atoms with Crippen LogP contribution in [0.15, 0.2) is 54.6 Å². The van der Waals surface area contributed by atoms with Gasteiger partial charge in [-0.2, -0.15) is 0 Å². The van der Waals surface area contributed by atoms with Gasteiger partial charge in [-0.05, 0) is 36.8 Å². The maximum absolute atomic E-state index is 13.2. The summed E-state index contributed by atoms with van der Waals surface area (Å²) in [4.78, 5) is 18.3. The van der Waals surface area contributed by atoms with Gasteiger partial charge in [0.2, 0.25) is 0 Å². The second-order valence-corrected chi connectivity index (χ2v) is 6.29. The molecule has 23 heavy (non-hydrogen) atoms. The third-order valence-electron chi connectivity index (χ3n) is 3.49. The second kappa shape index (κ2) is 6.71. The third-order valence-corrected chi connectivity index (χ3v) is 4.50. The largest absolute Gasteiger partial charge is 0.313 e. The summed E-state index contributed by atoms with van der Waals surface area (Å²) < 4.78 is 13.2. The van der Waals surface area contributed by atoms with E-state index in [2.05, 4.69) is 4.98 Å². The summed E-state index contributed by atoms with van der Waals surface area (Å²) in [6, 6.07) is 16.2. The van der Waals surface area contributed by atoms with Gasteiger partial charge in [0.15, 0.2) is 11.4 Å². The molecule has 0 amide bonds. The molecule has 0 atom stereocenters. The molecule has 0 aliphatic rings. The van der Waals surface area contributed by atoms with Crippen LogP contribution in [0.25, 0.3) is 0 Å². The molecule has 0 spiro atoms. The Hall–Kier alpha value is -2.53. The number of hydrogen-bond acceptors (Lipinski definition) is 4. The molecule has 0 saturated carbocycles. The molecule has 0 bridgehead atoms. The van der Waals surface area contributed by atoms with Crippen LogP contribution >= 0.6 is 11.3 Å². The lowest BCUT2D eigenvalue weighted by atomic mass is 10.2. The Bertz CT molecular complexity index is 800. The smallest absolute Gasteiger partial charge is 0.191 e. The minimum atomic E-state index is -0.280. The molecule has 0 radical (unpaired) electrons. The molecule has 0 aliphatic carbocycles. The molecule has 0 unspecified atom stereocenters. The Morgan fingerprint density at radius 3 is 2.43 bits per heavy atom. The first-order valence-corrected chi connectivity index (χ1v) is 7.98. The number of anilines is 2. The lowest BCUT2D eigenvalue weighted by Gasteiger charge is -2.22. The van der Waals surface area contributed by atoms with E-state index in [1.54, 1.807) is 12.1 Å². The van der Waals surface area contributed by atoms with Crippen LogP contribution in [0.5, 0.6) is 0 Å². The van der Waals surface area contributed by atoms with Crippen molar-refractivity contribution in [3.63, 3.8) is 0 Å². The van der Waals surface area contributed by atoms with Crippen molar-refractivity contribution in [2.24, 2.45) is 0 Å². The maximum Gasteiger partial charge on any atom is 0.191 e. The Morgan fingerprint density at radius 2 is 1.83 bits per heavy atom. The summed E-state index contributed by atoms with van der Waals surface area (Å²) in [5, 5.41) is 0.722. The first kappa shape index (κ1) is 15.4. The number of thiazole rings is 1. The fourth-order valence-electron chi connectivity index (χ4n) is 2.27. The first-order valence-electron chi connectivity index (χ1n) is 7.17. The summed E-state index contributed by atoms with van der Waals surface area (Å²) in [6.07, 6.45) is 0.765. The van der Waals surface area contributed by atoms with E-state index in [0.29, 0.717) is 12.2 Å². The Labute approximate surface area is 138 Å². The molecule has 3 rings (SSSR count). The van der Waals surface area contributed by atoms with E-state index in [1.807, 2.05) is 42.2 Å². The van der Waals surface area contributed by atoms with Crippen LogP contribution in [0.3, 0.4) is 0 Å². The van der Waals surface area contributed by atoms with Crippen LogP contribution in [0, 0.1) is 12.7 Å². The molecule has 0 saturated heterocycles. The number of aromatic nitrogens is 1. The first-order chi connectivity index (χ1) is 11.2. The highest BCUT2D eigenvalue weighted by molar-refractivity contribution is 7.15. The molecule has 1 aromatic heterocycles. The fraction of sp³-hybridized carbons (Fsp3) is 0.111. The minimum Gasteiger partial charge on any atom is -0.313 e. The molecule has 3 aromatic rings. The number of carbonyl (C=O) groups is 1. The van der Waals surface area contributed by atoms with Crippen LogP contribution in [-0.4, -0.2) is 11.3 Å². The Balaban J connectivity index is 2.01. The van der Waals surface area contributed by atoms with Gasteiger partial charge < -0.3 is 4.90 Å². The van der Waals surface area contributed by atoms with Crippen LogP contribution in [0.1, 0.15) is 20.9 Å². The molecule has 1 heterocycles. The van der Waals surface area contributed by atoms with E-state index >= 15 is 0 Å². The van der Waals surface area contributed by atoms with E-state index in [-0.39, 0.29) is 5.82 Å². The number of aldehydes is 1. The van der Waals surface area contributed by atoms with Crippen LogP contribution in [-0.2, 0) is 6.54 Å². The zero-order chi connectivity index (χ0) is 16.2. The highest BCUT2D eigenvalue weighted by Gasteiger charge is 2.16. The van der Waals surface area contributed by atoms with Crippen molar-refractivity contribution >= 4 is 28.4 Å². The highest BCUT2D eigenvalue weighted by Crippen LogP contribution is 2.32. The number of nitrogens with zero attached hydrogens (tertiary/aromatic N) is 2. The van der Waals surface area contributed by atoms with Gasteiger partial charge in [0.05, 0.1) is 6.54 Å². The maximum atomic E-state index is 13.2. The van der Waals surface area contributed by atoms with E-state index in [4.69, 9.17) is 0 Å². The topological polar surface area (TPSA) is 33.2 Å². The van der Waals surface area contributed by atoms with Crippen molar-refractivity contribution in [1.82, 2.24) is 4.98 Å². The van der Waals surface area contributed by atoms with Gasteiger partial charge in [0.25, 0.3) is 0 Å². The Morgan fingerprint density at radius 1 is 1.13 bits per heavy atom. The normalized spacial score (nSPS) is 10.5. The van der Waals surface area contributed by atoms with Crippen molar-refractivity contribution in [2.45, 2.75) is 13.5 Å². The van der Waals surface area contributed by atoms with Gasteiger partial charge in [-0.1, -0.05) is 30.3 Å². The average Bonchev–Trinajstić information content (AvgIpc) is 2.95. The Kier molecular flexibility index (Phi) is 4.48. The van der Waals surface area contributed by atoms with E-state index < -0.39 is 0 Å². The van der Waals surface area contributed by atoms with Crippen LogP contribution in [0.2, 0.25) is 0 Å². The van der Waals surface area contributed by atoms with Gasteiger partial charge in [-0.3, -0.25) is 4.79 Å². The van der Waals surface area contributed by atoms with Crippen molar-refractivity contribution in [3.05, 3.63) is 76.5 Å². The van der Waals surface area contributed by atoms with Gasteiger partial charge in [-0.25, -0.2) is 9.37 Å². The number of benzene rings is 2. The van der Waals surface area contributed by atoms with Gasteiger partial charge in [0, 0.05) is 10.6 Å². The molecule has 5 heteroatoms. The van der Waals surface area contributed by atoms with E-state index in [0.717, 1.165) is 27.5 Å². The van der Waals surface area contributed by atoms with Crippen molar-refractivity contribution in [3.8, 4) is 0 Å². The fourth-order valence-corrected chi connectivity index (χ4v) is 3.17. The molecule has 3 nitrogen and oxygen atoms in total. The van der Waals surface area contributed by atoms with E-state index in [9.17, 15) is 9.18 Å². The molecular formula is C18H15FN2OS. The molecular weight excluding hydrogens is 311 g/mol. The summed E-state index contributed by atoms with van der Waals surface area (Å²) in [5.41, 5.74) is 2.39. The third kappa shape index (κ3) is 3.46. The zero-order valence-corrected chi connectivity index (χ0v) is 13.4. The van der Waals surface area contributed by atoms with Crippen LogP contribution < -0.4 is 4.90 Å². The average molecular weight is 326 g/mol. The van der Waals surface area contributed by atoms with Crippen molar-refractivity contribution < 1.29 is 9.18 Å². The number of halogens is 1. The number of carbonyl (C=O) groups excluding carboxylic acids is 1. The van der Waals surface area contributed by atoms with Crippen LogP contribution in [0.4, 0.5) is 15.2 Å². The molecule has 0 fully saturated rings. The quantitative estimate of drug-likeness (QED) is 0.635. The molecule has 2 aromatic carbocycles. The summed E-state index contributed by atoms with van der Waals surface area (Å²) in [5.74, 6) is -0.280. The number of rotatable bonds is 5. The molecule has 0 aliphatic heterocycles. The summed E-state index contributed by atoms with van der Waals surface area (Å²) in [7, 11) is 0. The van der Waals surface area contributed by atoms with E-state index in [1.165, 1.54) is 23.5 Å². The van der Waals surface area contributed by atoms with Crippen molar-refractivity contribution in [2.75, 3.05) is 4.90 Å². The number of hydrogen-bond donors (Lipinski definition) is 0. The molecule has 0 N–H and O–H groups in total. The number of aryl methyl sites for hydroxylation is 1. The zero-order valence-electron chi connectivity index (χ0n) is 12.6. The minimum absolute atomic E-state index is 0.280. The van der Waals surface area contributed by atoms with Gasteiger partial charge in [-0.15, -0.1) is 11.3 Å². The lowest BCUT2D eigenvalue weighted by molar-refractivity contribution is 0.111. The van der Waals surface area contributed by atoms with Gasteiger partial charge in [0.1, 0.15) is 11.5 Å². The standard InChI is InChI=1S/C18H15FN2OS/c1-13-17(12-22)20-18(23-13)21(11-14-5-3-2-4-6-14)16-9-7-15(19)8-10-16/h2-10,12H,11H2,1H3. The van der Waals surface area contributed by atoms with Gasteiger partial charge >= 0.3 is 0 Å². The van der Waals surface area contributed by atoms with Crippen molar-refractivity contribution in [1.29, 1.82) is 0 Å². The summed E-state index contributed by atoms with van der Waals surface area (Å²) >= 11 is 1.46. The lowest BCUT2D eigenvalue weighted by Crippen LogP contribution is -2.16. The summed E-state index contributed by atoms with van der Waals surface area (Å²) in [6.45, 7) is 2.47. The SMILES string of the molecule is Cc1sc(N(Cc2ccccc2)c2ccc(F)cc2)nc1C=O. The monoisotopic (exact) mass is 326 g/mol. The second-order valence-electron chi connectivity index (χ2n) is 5.10. The predicted molar refractivity (Wildman–Crippen MR) is 90.9 cm³/mol. The predicted octanol–water partition coefficient (Wildman–Crippen LogP) is 4.74. The highest BCUT2D eigenvalue weighted by atomic mass is 32.1. The molecule has 116 valence electrons.